The van der Waals surface area contributed by atoms with E-state index >= 15 is 0 Å². The van der Waals surface area contributed by atoms with Crippen molar-refractivity contribution in [2.45, 2.75) is 0 Å². The number of hydrogen-bond acceptors (Lipinski definition) is 2. The van der Waals surface area contributed by atoms with Crippen LogP contribution in [0.2, 0.25) is 0 Å². The van der Waals surface area contributed by atoms with Gasteiger partial charge in [0.15, 0.2) is 12.4 Å². The van der Waals surface area contributed by atoms with Crippen molar-refractivity contribution in [2.24, 2.45) is 7.05 Å². The minimum atomic E-state index is -0.245. The molecule has 18 heavy (non-hydrogen) atoms. The molecule has 0 saturated carbocycles. The first-order chi connectivity index (χ1) is 8.13. The van der Waals surface area contributed by atoms with Gasteiger partial charge in [-0.25, -0.2) is 4.57 Å². The summed E-state index contributed by atoms with van der Waals surface area (Å²) in [7, 11) is 1.85. The molecule has 0 aromatic carbocycles. The third-order valence-corrected chi connectivity index (χ3v) is 2.10. The zero-order valence-corrected chi connectivity index (χ0v) is 12.3. The summed E-state index contributed by atoms with van der Waals surface area (Å²) in [5.41, 5.74) is 0.588. The number of rotatable bonds is 5. The van der Waals surface area contributed by atoms with Crippen LogP contribution in [0.4, 0.5) is 0 Å². The first kappa shape index (κ1) is 16.6. The monoisotopic (exact) mass is 361 g/mol. The molecule has 0 bridgehead atoms. The molecule has 0 radical (unpaired) electrons. The van der Waals surface area contributed by atoms with E-state index in [1.165, 1.54) is 6.08 Å². The van der Waals surface area contributed by atoms with Gasteiger partial charge in [-0.1, -0.05) is 6.58 Å². The van der Waals surface area contributed by atoms with Gasteiger partial charge in [0.25, 0.3) is 5.91 Å². The molecule has 5 nitrogen and oxygen atoms in total. The molecule has 98 valence electrons. The Morgan fingerprint density at radius 2 is 2.06 bits per heavy atom. The predicted octanol–water partition coefficient (Wildman–Crippen LogP) is -3.45. The van der Waals surface area contributed by atoms with Crippen molar-refractivity contribution >= 4 is 11.8 Å². The van der Waals surface area contributed by atoms with Crippen LogP contribution in [-0.4, -0.2) is 24.9 Å². The van der Waals surface area contributed by atoms with Crippen LogP contribution >= 0.6 is 0 Å². The highest BCUT2D eigenvalue weighted by Crippen LogP contribution is 1.92. The molecule has 1 heterocycles. The zero-order valence-electron chi connectivity index (χ0n) is 10.1. The summed E-state index contributed by atoms with van der Waals surface area (Å²) in [5.74, 6) is -0.403. The van der Waals surface area contributed by atoms with E-state index in [9.17, 15) is 9.59 Å². The van der Waals surface area contributed by atoms with Crippen molar-refractivity contribution in [1.29, 1.82) is 0 Å². The van der Waals surface area contributed by atoms with Gasteiger partial charge in [0.1, 0.15) is 12.6 Å². The van der Waals surface area contributed by atoms with Crippen LogP contribution in [-0.2, 0) is 11.8 Å². The standard InChI is InChI=1S/C12H15N3O2.HI/c1-3-11(16)13-6-7-14-12(17)10-5-4-8-15(2)9-10;/h3-5,8-9H,1,6-7H2,2H3,(H-,13,14,16,17);1H. The van der Waals surface area contributed by atoms with Crippen molar-refractivity contribution in [3.8, 4) is 0 Å². The highest BCUT2D eigenvalue weighted by Gasteiger charge is 2.07. The molecule has 0 aliphatic rings. The van der Waals surface area contributed by atoms with E-state index in [0.717, 1.165) is 0 Å². The van der Waals surface area contributed by atoms with Crippen molar-refractivity contribution in [3.05, 3.63) is 42.7 Å². The van der Waals surface area contributed by atoms with Gasteiger partial charge >= 0.3 is 0 Å². The average Bonchev–Trinajstić information content (AvgIpc) is 2.34. The van der Waals surface area contributed by atoms with Gasteiger partial charge in [0.2, 0.25) is 5.91 Å². The molecule has 1 rings (SSSR count). The molecule has 0 saturated heterocycles. The smallest absolute Gasteiger partial charge is 0.257 e. The molecule has 1 aromatic heterocycles. The summed E-state index contributed by atoms with van der Waals surface area (Å²) in [4.78, 5) is 22.5. The minimum Gasteiger partial charge on any atom is -1.00 e. The minimum absolute atomic E-state index is 0. The number of halogens is 1. The third-order valence-electron chi connectivity index (χ3n) is 2.10. The van der Waals surface area contributed by atoms with E-state index in [1.807, 2.05) is 13.2 Å². The second-order valence-corrected chi connectivity index (χ2v) is 3.51. The fourth-order valence-corrected chi connectivity index (χ4v) is 1.26. The van der Waals surface area contributed by atoms with Crippen LogP contribution < -0.4 is 39.2 Å². The van der Waals surface area contributed by atoms with Crippen molar-refractivity contribution in [1.82, 2.24) is 10.6 Å². The number of pyridine rings is 1. The average molecular weight is 361 g/mol. The van der Waals surface area contributed by atoms with Crippen LogP contribution in [0.5, 0.6) is 0 Å². The molecule has 0 aliphatic carbocycles. The highest BCUT2D eigenvalue weighted by molar-refractivity contribution is 5.93. The molecule has 0 unspecified atom stereocenters. The largest absolute Gasteiger partial charge is 1.00 e. The number of amides is 2. The number of nitrogens with one attached hydrogen (secondary N) is 2. The maximum Gasteiger partial charge on any atom is 0.257 e. The summed E-state index contributed by atoms with van der Waals surface area (Å²) < 4.78 is 1.80. The van der Waals surface area contributed by atoms with Crippen molar-refractivity contribution in [3.63, 3.8) is 0 Å². The van der Waals surface area contributed by atoms with E-state index < -0.39 is 0 Å². The van der Waals surface area contributed by atoms with Gasteiger partial charge in [-0.2, -0.15) is 0 Å². The van der Waals surface area contributed by atoms with Gasteiger partial charge < -0.3 is 34.6 Å². The lowest BCUT2D eigenvalue weighted by Gasteiger charge is -2.04. The lowest BCUT2D eigenvalue weighted by Crippen LogP contribution is -3.00. The van der Waals surface area contributed by atoms with Crippen LogP contribution in [0, 0.1) is 0 Å². The molecule has 6 heteroatoms. The Hall–Kier alpha value is -1.44. The van der Waals surface area contributed by atoms with Gasteiger partial charge in [-0.15, -0.1) is 0 Å². The lowest BCUT2D eigenvalue weighted by molar-refractivity contribution is -0.671. The van der Waals surface area contributed by atoms with Crippen molar-refractivity contribution < 1.29 is 38.1 Å². The Bertz CT molecular complexity index is 435. The van der Waals surface area contributed by atoms with Gasteiger partial charge in [0, 0.05) is 19.2 Å². The summed E-state index contributed by atoms with van der Waals surface area (Å²) in [5, 5.41) is 5.28. The van der Waals surface area contributed by atoms with E-state index in [4.69, 9.17) is 0 Å². The molecular weight excluding hydrogens is 345 g/mol. The molecule has 0 fully saturated rings. The van der Waals surface area contributed by atoms with Crippen LogP contribution in [0.1, 0.15) is 10.4 Å². The molecule has 0 aliphatic heterocycles. The Labute approximate surface area is 123 Å². The number of aryl methyl sites for hydroxylation is 1. The number of aromatic nitrogens is 1. The van der Waals surface area contributed by atoms with E-state index in [1.54, 1.807) is 22.9 Å². The fourth-order valence-electron chi connectivity index (χ4n) is 1.26. The Morgan fingerprint density at radius 1 is 1.39 bits per heavy atom. The SMILES string of the molecule is C=CC(=O)NCCNC(=O)c1ccc[n+](C)c1.[I-]. The van der Waals surface area contributed by atoms with E-state index in [2.05, 4.69) is 17.2 Å². The third kappa shape index (κ3) is 5.76. The molecular formula is C12H16IN3O2. The first-order valence-electron chi connectivity index (χ1n) is 5.27. The number of nitrogens with zero attached hydrogens (tertiary/aromatic N) is 1. The maximum absolute atomic E-state index is 11.7. The molecule has 0 atom stereocenters. The molecule has 2 N–H and O–H groups in total. The Balaban J connectivity index is 0.00000289. The second-order valence-electron chi connectivity index (χ2n) is 3.51. The van der Waals surface area contributed by atoms with E-state index in [0.29, 0.717) is 18.7 Å². The Morgan fingerprint density at radius 3 is 2.67 bits per heavy atom. The maximum atomic E-state index is 11.7. The number of hydrogen-bond donors (Lipinski definition) is 2. The van der Waals surface area contributed by atoms with Gasteiger partial charge in [-0.05, 0) is 12.1 Å². The van der Waals surface area contributed by atoms with Crippen LogP contribution in [0.25, 0.3) is 0 Å². The molecule has 1 aromatic rings. The molecule has 0 spiro atoms. The van der Waals surface area contributed by atoms with Gasteiger partial charge in [-0.3, -0.25) is 9.59 Å². The lowest BCUT2D eigenvalue weighted by atomic mass is 10.2. The van der Waals surface area contributed by atoms with Crippen LogP contribution in [0.15, 0.2) is 37.2 Å². The Kier molecular flexibility index (Phi) is 7.93. The first-order valence-corrected chi connectivity index (χ1v) is 5.27. The summed E-state index contributed by atoms with van der Waals surface area (Å²) >= 11 is 0. The normalized spacial score (nSPS) is 8.94. The fraction of sp³-hybridized carbons (Fsp3) is 0.250. The van der Waals surface area contributed by atoms with Crippen LogP contribution in [0.3, 0.4) is 0 Å². The van der Waals surface area contributed by atoms with E-state index in [-0.39, 0.29) is 35.8 Å². The second kappa shape index (κ2) is 8.62. The summed E-state index contributed by atoms with van der Waals surface area (Å²) in [6.07, 6.45) is 4.78. The van der Waals surface area contributed by atoms with Gasteiger partial charge in [0.05, 0.1) is 0 Å². The predicted molar refractivity (Wildman–Crippen MR) is 63.2 cm³/mol. The quantitative estimate of drug-likeness (QED) is 0.248. The zero-order chi connectivity index (χ0) is 12.7. The summed E-state index contributed by atoms with van der Waals surface area (Å²) in [6, 6.07) is 3.53. The molecule has 2 amide bonds. The number of carbonyl (C=O) groups excluding carboxylic acids is 2. The topological polar surface area (TPSA) is 62.1 Å². The number of carbonyl (C=O) groups is 2. The highest BCUT2D eigenvalue weighted by atomic mass is 127. The van der Waals surface area contributed by atoms with Crippen molar-refractivity contribution in [2.75, 3.05) is 13.1 Å². The summed E-state index contributed by atoms with van der Waals surface area (Å²) in [6.45, 7) is 4.10.